The van der Waals surface area contributed by atoms with Gasteiger partial charge in [-0.25, -0.2) is 0 Å². The average molecular weight is 155 g/mol. The zero-order chi connectivity index (χ0) is 8.27. The topological polar surface area (TPSA) is 20.3 Å². The predicted octanol–water partition coefficient (Wildman–Crippen LogP) is 1.65. The van der Waals surface area contributed by atoms with Crippen molar-refractivity contribution in [2.45, 2.75) is 39.2 Å². The van der Waals surface area contributed by atoms with Crippen LogP contribution in [0.1, 0.15) is 33.1 Å². The molecule has 1 rings (SSSR count). The minimum absolute atomic E-state index is 0.510. The molecule has 2 atom stereocenters. The van der Waals surface area contributed by atoms with E-state index in [9.17, 15) is 4.79 Å². The van der Waals surface area contributed by atoms with Crippen LogP contribution in [0.4, 0.5) is 0 Å². The summed E-state index contributed by atoms with van der Waals surface area (Å²) in [4.78, 5) is 12.5. The highest BCUT2D eigenvalue weighted by atomic mass is 16.1. The third-order valence-electron chi connectivity index (χ3n) is 2.63. The molecule has 0 aromatic rings. The number of likely N-dealkylation sites (tertiary alicyclic amines) is 1. The van der Waals surface area contributed by atoms with E-state index in [2.05, 4.69) is 13.8 Å². The molecular weight excluding hydrogens is 138 g/mol. The second-order valence-electron chi connectivity index (χ2n) is 3.53. The standard InChI is InChI=1S/C9H17NO/c1-3-9-6-8(2)4-5-10(9)7-11/h7-9H,3-6H2,1-2H3. The van der Waals surface area contributed by atoms with Crippen LogP contribution >= 0.6 is 0 Å². The van der Waals surface area contributed by atoms with Crippen molar-refractivity contribution in [1.82, 2.24) is 4.90 Å². The lowest BCUT2D eigenvalue weighted by atomic mass is 9.92. The molecule has 0 bridgehead atoms. The highest BCUT2D eigenvalue weighted by molar-refractivity contribution is 5.47. The summed E-state index contributed by atoms with van der Waals surface area (Å²) in [6, 6.07) is 0.510. The molecule has 64 valence electrons. The minimum atomic E-state index is 0.510. The molecule has 0 spiro atoms. The first-order chi connectivity index (χ1) is 5.27. The van der Waals surface area contributed by atoms with Gasteiger partial charge in [-0.05, 0) is 25.2 Å². The number of amides is 1. The minimum Gasteiger partial charge on any atom is -0.342 e. The Morgan fingerprint density at radius 3 is 2.91 bits per heavy atom. The Morgan fingerprint density at radius 2 is 2.36 bits per heavy atom. The summed E-state index contributed by atoms with van der Waals surface area (Å²) in [5.41, 5.74) is 0. The van der Waals surface area contributed by atoms with E-state index in [0.717, 1.165) is 25.3 Å². The molecule has 0 aromatic carbocycles. The zero-order valence-corrected chi connectivity index (χ0v) is 7.42. The van der Waals surface area contributed by atoms with Crippen molar-refractivity contribution >= 4 is 6.41 Å². The average Bonchev–Trinajstić information content (AvgIpc) is 2.04. The highest BCUT2D eigenvalue weighted by Gasteiger charge is 2.22. The van der Waals surface area contributed by atoms with E-state index in [1.54, 1.807) is 0 Å². The van der Waals surface area contributed by atoms with Crippen molar-refractivity contribution in [2.75, 3.05) is 6.54 Å². The number of rotatable bonds is 2. The van der Waals surface area contributed by atoms with Crippen LogP contribution in [-0.4, -0.2) is 23.9 Å². The molecule has 1 heterocycles. The van der Waals surface area contributed by atoms with Gasteiger partial charge in [0.15, 0.2) is 0 Å². The fourth-order valence-electron chi connectivity index (χ4n) is 1.81. The molecule has 11 heavy (non-hydrogen) atoms. The van der Waals surface area contributed by atoms with E-state index in [1.807, 2.05) is 4.90 Å². The van der Waals surface area contributed by atoms with Crippen LogP contribution in [0.2, 0.25) is 0 Å². The molecule has 0 saturated carbocycles. The Hall–Kier alpha value is -0.530. The van der Waals surface area contributed by atoms with Gasteiger partial charge in [-0.15, -0.1) is 0 Å². The molecule has 1 amide bonds. The lowest BCUT2D eigenvalue weighted by molar-refractivity contribution is -0.122. The summed E-state index contributed by atoms with van der Waals surface area (Å²) in [7, 11) is 0. The van der Waals surface area contributed by atoms with Gasteiger partial charge in [-0.2, -0.15) is 0 Å². The second kappa shape index (κ2) is 3.74. The van der Waals surface area contributed by atoms with Crippen LogP contribution in [0.25, 0.3) is 0 Å². The number of hydrogen-bond acceptors (Lipinski definition) is 1. The van der Waals surface area contributed by atoms with E-state index >= 15 is 0 Å². The van der Waals surface area contributed by atoms with Crippen LogP contribution in [0.5, 0.6) is 0 Å². The third-order valence-corrected chi connectivity index (χ3v) is 2.63. The molecule has 1 saturated heterocycles. The van der Waals surface area contributed by atoms with Crippen LogP contribution in [0, 0.1) is 5.92 Å². The van der Waals surface area contributed by atoms with E-state index < -0.39 is 0 Å². The molecule has 0 aliphatic carbocycles. The van der Waals surface area contributed by atoms with Crippen molar-refractivity contribution in [3.8, 4) is 0 Å². The Morgan fingerprint density at radius 1 is 1.64 bits per heavy atom. The maximum atomic E-state index is 10.6. The van der Waals surface area contributed by atoms with E-state index in [4.69, 9.17) is 0 Å². The summed E-state index contributed by atoms with van der Waals surface area (Å²) in [6.45, 7) is 5.38. The van der Waals surface area contributed by atoms with Gasteiger partial charge in [-0.3, -0.25) is 4.79 Å². The van der Waals surface area contributed by atoms with E-state index in [0.29, 0.717) is 6.04 Å². The second-order valence-corrected chi connectivity index (χ2v) is 3.53. The monoisotopic (exact) mass is 155 g/mol. The molecule has 0 radical (unpaired) electrons. The van der Waals surface area contributed by atoms with Gasteiger partial charge < -0.3 is 4.90 Å². The summed E-state index contributed by atoms with van der Waals surface area (Å²) in [5, 5.41) is 0. The van der Waals surface area contributed by atoms with Crippen molar-refractivity contribution in [3.63, 3.8) is 0 Å². The molecule has 1 fully saturated rings. The van der Waals surface area contributed by atoms with Crippen molar-refractivity contribution in [2.24, 2.45) is 5.92 Å². The smallest absolute Gasteiger partial charge is 0.209 e. The number of piperidine rings is 1. The largest absolute Gasteiger partial charge is 0.342 e. The molecular formula is C9H17NO. The maximum Gasteiger partial charge on any atom is 0.209 e. The lowest BCUT2D eigenvalue weighted by Crippen LogP contribution is -2.40. The van der Waals surface area contributed by atoms with Crippen molar-refractivity contribution in [3.05, 3.63) is 0 Å². The summed E-state index contributed by atoms with van der Waals surface area (Å²) in [6.07, 6.45) is 4.47. The molecule has 1 aliphatic rings. The molecule has 2 unspecified atom stereocenters. The van der Waals surface area contributed by atoms with Gasteiger partial charge in [0.2, 0.25) is 6.41 Å². The fraction of sp³-hybridized carbons (Fsp3) is 0.889. The molecule has 0 aromatic heterocycles. The number of carbonyl (C=O) groups excluding carboxylic acids is 1. The van der Waals surface area contributed by atoms with Crippen LogP contribution in [0.3, 0.4) is 0 Å². The summed E-state index contributed by atoms with van der Waals surface area (Å²) >= 11 is 0. The van der Waals surface area contributed by atoms with Gasteiger partial charge >= 0.3 is 0 Å². The highest BCUT2D eigenvalue weighted by Crippen LogP contribution is 2.22. The van der Waals surface area contributed by atoms with E-state index in [1.165, 1.54) is 12.8 Å². The maximum absolute atomic E-state index is 10.6. The summed E-state index contributed by atoms with van der Waals surface area (Å²) < 4.78 is 0. The first-order valence-electron chi connectivity index (χ1n) is 4.49. The Kier molecular flexibility index (Phi) is 2.92. The van der Waals surface area contributed by atoms with Crippen LogP contribution < -0.4 is 0 Å². The lowest BCUT2D eigenvalue weighted by Gasteiger charge is -2.35. The van der Waals surface area contributed by atoms with Crippen molar-refractivity contribution < 1.29 is 4.79 Å². The van der Waals surface area contributed by atoms with Gasteiger partial charge in [0.25, 0.3) is 0 Å². The molecule has 2 nitrogen and oxygen atoms in total. The summed E-state index contributed by atoms with van der Waals surface area (Å²) in [5.74, 6) is 0.802. The predicted molar refractivity (Wildman–Crippen MR) is 45.2 cm³/mol. The zero-order valence-electron chi connectivity index (χ0n) is 7.42. The van der Waals surface area contributed by atoms with Gasteiger partial charge in [0, 0.05) is 12.6 Å². The quantitative estimate of drug-likeness (QED) is 0.555. The first kappa shape index (κ1) is 8.57. The Balaban J connectivity index is 2.47. The third kappa shape index (κ3) is 1.95. The molecule has 1 aliphatic heterocycles. The normalized spacial score (nSPS) is 32.0. The van der Waals surface area contributed by atoms with Gasteiger partial charge in [0.05, 0.1) is 0 Å². The van der Waals surface area contributed by atoms with Gasteiger partial charge in [0.1, 0.15) is 0 Å². The number of nitrogens with zero attached hydrogens (tertiary/aromatic N) is 1. The Bertz CT molecular complexity index is 136. The fourth-order valence-corrected chi connectivity index (χ4v) is 1.81. The van der Waals surface area contributed by atoms with Crippen molar-refractivity contribution in [1.29, 1.82) is 0 Å². The van der Waals surface area contributed by atoms with Crippen LogP contribution in [0.15, 0.2) is 0 Å². The van der Waals surface area contributed by atoms with Gasteiger partial charge in [-0.1, -0.05) is 13.8 Å². The molecule has 2 heteroatoms. The van der Waals surface area contributed by atoms with E-state index in [-0.39, 0.29) is 0 Å². The number of hydrogen-bond donors (Lipinski definition) is 0. The molecule has 0 N–H and O–H groups in total. The Labute approximate surface area is 68.6 Å². The first-order valence-corrected chi connectivity index (χ1v) is 4.49. The number of carbonyl (C=O) groups is 1. The SMILES string of the molecule is CCC1CC(C)CCN1C=O. The van der Waals surface area contributed by atoms with Crippen LogP contribution in [-0.2, 0) is 4.79 Å².